The Morgan fingerprint density at radius 1 is 1.30 bits per heavy atom. The molecule has 1 saturated heterocycles. The number of rotatable bonds is 3. The highest BCUT2D eigenvalue weighted by atomic mass is 16.2. The van der Waals surface area contributed by atoms with E-state index in [1.54, 1.807) is 11.9 Å². The van der Waals surface area contributed by atoms with Crippen LogP contribution in [-0.4, -0.2) is 62.4 Å². The van der Waals surface area contributed by atoms with Gasteiger partial charge in [0.2, 0.25) is 5.82 Å². The second-order valence-electron chi connectivity index (χ2n) is 6.84. The summed E-state index contributed by atoms with van der Waals surface area (Å²) in [7, 11) is 1.78. The van der Waals surface area contributed by atoms with Crippen LogP contribution < -0.4 is 4.90 Å². The summed E-state index contributed by atoms with van der Waals surface area (Å²) in [5, 5.41) is 14.9. The monoisotopic (exact) mass is 315 g/mol. The molecule has 122 valence electrons. The molecule has 3 heterocycles. The number of nitrogens with zero attached hydrogens (tertiary/aromatic N) is 6. The number of anilines is 1. The Bertz CT molecular complexity index is 669. The summed E-state index contributed by atoms with van der Waals surface area (Å²) in [6.07, 6.45) is 1.33. The van der Waals surface area contributed by atoms with E-state index < -0.39 is 0 Å². The molecule has 1 aliphatic rings. The lowest BCUT2D eigenvalue weighted by molar-refractivity contribution is 0.0693. The van der Waals surface area contributed by atoms with Crippen LogP contribution in [0, 0.1) is 0 Å². The van der Waals surface area contributed by atoms with Gasteiger partial charge in [0, 0.05) is 25.6 Å². The van der Waals surface area contributed by atoms with Crippen LogP contribution in [-0.2, 0) is 5.41 Å². The van der Waals surface area contributed by atoms with Gasteiger partial charge in [0.05, 0.1) is 11.7 Å². The van der Waals surface area contributed by atoms with Gasteiger partial charge in [-0.05, 0) is 12.1 Å². The molecule has 2 aromatic rings. The van der Waals surface area contributed by atoms with Gasteiger partial charge in [0.15, 0.2) is 5.82 Å². The van der Waals surface area contributed by atoms with Crippen molar-refractivity contribution in [1.82, 2.24) is 30.3 Å². The van der Waals surface area contributed by atoms with Gasteiger partial charge in [-0.15, -0.1) is 5.10 Å². The van der Waals surface area contributed by atoms with Crippen molar-refractivity contribution < 1.29 is 4.79 Å². The van der Waals surface area contributed by atoms with Crippen LogP contribution in [0.3, 0.4) is 0 Å². The molecular formula is C15H21N7O. The maximum absolute atomic E-state index is 12.2. The molecule has 1 amide bonds. The predicted octanol–water partition coefficient (Wildman–Crippen LogP) is 0.853. The lowest BCUT2D eigenvalue weighted by atomic mass is 9.92. The van der Waals surface area contributed by atoms with Gasteiger partial charge in [-0.2, -0.15) is 10.2 Å². The molecule has 1 N–H and O–H groups in total. The zero-order valence-corrected chi connectivity index (χ0v) is 13.8. The smallest absolute Gasteiger partial charge is 0.291 e. The molecule has 8 nitrogen and oxygen atoms in total. The van der Waals surface area contributed by atoms with E-state index in [1.165, 1.54) is 6.33 Å². The minimum atomic E-state index is -0.152. The fourth-order valence-corrected chi connectivity index (χ4v) is 2.42. The Labute approximate surface area is 134 Å². The number of carbonyl (C=O) groups is 1. The van der Waals surface area contributed by atoms with Crippen molar-refractivity contribution in [2.24, 2.45) is 0 Å². The average Bonchev–Trinajstić information content (AvgIpc) is 2.98. The van der Waals surface area contributed by atoms with E-state index in [0.717, 1.165) is 24.6 Å². The molecule has 0 aliphatic carbocycles. The summed E-state index contributed by atoms with van der Waals surface area (Å²) < 4.78 is 0. The Hall–Kier alpha value is -2.51. The van der Waals surface area contributed by atoms with Crippen LogP contribution in [0.5, 0.6) is 0 Å². The van der Waals surface area contributed by atoms with E-state index in [0.29, 0.717) is 0 Å². The summed E-state index contributed by atoms with van der Waals surface area (Å²) >= 11 is 0. The average molecular weight is 315 g/mol. The van der Waals surface area contributed by atoms with Crippen molar-refractivity contribution in [3.8, 4) is 0 Å². The fourth-order valence-electron chi connectivity index (χ4n) is 2.42. The maximum Gasteiger partial charge on any atom is 0.291 e. The SMILES string of the molecule is CN(C(=O)c1ncn[nH]1)C1CN(c2ccc(C(C)(C)C)nn2)C1. The van der Waals surface area contributed by atoms with Crippen LogP contribution in [0.1, 0.15) is 37.1 Å². The van der Waals surface area contributed by atoms with Gasteiger partial charge in [-0.3, -0.25) is 9.89 Å². The fraction of sp³-hybridized carbons (Fsp3) is 0.533. The maximum atomic E-state index is 12.2. The Morgan fingerprint density at radius 3 is 2.57 bits per heavy atom. The standard InChI is InChI=1S/C15H21N7O/c1-15(2,3)11-5-6-12(19-18-11)22-7-10(8-22)21(4)14(23)13-16-9-17-20-13/h5-6,9-10H,7-8H2,1-4H3,(H,16,17,20). The van der Waals surface area contributed by atoms with E-state index in [-0.39, 0.29) is 23.2 Å². The number of amides is 1. The first-order valence-electron chi connectivity index (χ1n) is 7.58. The largest absolute Gasteiger partial charge is 0.351 e. The number of hydrogen-bond acceptors (Lipinski definition) is 6. The first-order valence-corrected chi connectivity index (χ1v) is 7.58. The molecule has 2 aromatic heterocycles. The number of carbonyl (C=O) groups excluding carboxylic acids is 1. The van der Waals surface area contributed by atoms with E-state index in [2.05, 4.69) is 51.0 Å². The Kier molecular flexibility index (Phi) is 3.75. The number of aromatic amines is 1. The zero-order valence-electron chi connectivity index (χ0n) is 13.8. The molecule has 8 heteroatoms. The number of hydrogen-bond donors (Lipinski definition) is 1. The summed E-state index contributed by atoms with van der Waals surface area (Å²) in [5.41, 5.74) is 0.961. The molecule has 0 unspecified atom stereocenters. The highest BCUT2D eigenvalue weighted by molar-refractivity contribution is 5.90. The van der Waals surface area contributed by atoms with Gasteiger partial charge >= 0.3 is 0 Å². The molecule has 3 rings (SSSR count). The number of nitrogens with one attached hydrogen (secondary N) is 1. The normalized spacial score (nSPS) is 15.4. The van der Waals surface area contributed by atoms with E-state index in [9.17, 15) is 4.79 Å². The first-order chi connectivity index (χ1) is 10.9. The molecule has 1 aliphatic heterocycles. The van der Waals surface area contributed by atoms with E-state index in [4.69, 9.17) is 0 Å². The van der Waals surface area contributed by atoms with Crippen LogP contribution in [0.25, 0.3) is 0 Å². The van der Waals surface area contributed by atoms with Crippen molar-refractivity contribution in [1.29, 1.82) is 0 Å². The molecule has 0 spiro atoms. The van der Waals surface area contributed by atoms with Crippen molar-refractivity contribution in [2.45, 2.75) is 32.2 Å². The van der Waals surface area contributed by atoms with Crippen molar-refractivity contribution in [3.63, 3.8) is 0 Å². The van der Waals surface area contributed by atoms with Gasteiger partial charge in [-0.1, -0.05) is 20.8 Å². The number of aromatic nitrogens is 5. The second kappa shape index (κ2) is 5.60. The van der Waals surface area contributed by atoms with Crippen LogP contribution >= 0.6 is 0 Å². The molecule has 23 heavy (non-hydrogen) atoms. The molecular weight excluding hydrogens is 294 g/mol. The molecule has 0 saturated carbocycles. The second-order valence-corrected chi connectivity index (χ2v) is 6.84. The third kappa shape index (κ3) is 3.01. The Balaban J connectivity index is 1.59. The highest BCUT2D eigenvalue weighted by Crippen LogP contribution is 2.24. The zero-order chi connectivity index (χ0) is 16.6. The van der Waals surface area contributed by atoms with Crippen LogP contribution in [0.15, 0.2) is 18.5 Å². The minimum Gasteiger partial charge on any atom is -0.351 e. The lowest BCUT2D eigenvalue weighted by Crippen LogP contribution is -2.60. The van der Waals surface area contributed by atoms with Gasteiger partial charge in [0.1, 0.15) is 6.33 Å². The predicted molar refractivity (Wildman–Crippen MR) is 85.2 cm³/mol. The molecule has 1 fully saturated rings. The van der Waals surface area contributed by atoms with Gasteiger partial charge in [0.25, 0.3) is 5.91 Å². The quantitative estimate of drug-likeness (QED) is 0.903. The van der Waals surface area contributed by atoms with Gasteiger partial charge in [-0.25, -0.2) is 4.98 Å². The van der Waals surface area contributed by atoms with E-state index in [1.807, 2.05) is 12.1 Å². The third-order valence-corrected chi connectivity index (χ3v) is 4.09. The molecule has 0 aromatic carbocycles. The summed E-state index contributed by atoms with van der Waals surface area (Å²) in [4.78, 5) is 19.9. The summed E-state index contributed by atoms with van der Waals surface area (Å²) in [6.45, 7) is 7.81. The number of likely N-dealkylation sites (N-methyl/N-ethyl adjacent to an activating group) is 1. The third-order valence-electron chi connectivity index (χ3n) is 4.09. The van der Waals surface area contributed by atoms with Crippen molar-refractivity contribution in [3.05, 3.63) is 30.0 Å². The highest BCUT2D eigenvalue weighted by Gasteiger charge is 2.34. The minimum absolute atomic E-state index is 0.00722. The summed E-state index contributed by atoms with van der Waals surface area (Å²) in [5.74, 6) is 0.955. The topological polar surface area (TPSA) is 90.9 Å². The molecule has 0 bridgehead atoms. The van der Waals surface area contributed by atoms with Crippen molar-refractivity contribution in [2.75, 3.05) is 25.0 Å². The molecule has 0 radical (unpaired) electrons. The molecule has 0 atom stereocenters. The number of H-pyrrole nitrogens is 1. The summed E-state index contributed by atoms with van der Waals surface area (Å²) in [6, 6.07) is 4.14. The lowest BCUT2D eigenvalue weighted by Gasteiger charge is -2.44. The Morgan fingerprint density at radius 2 is 2.04 bits per heavy atom. The van der Waals surface area contributed by atoms with Crippen molar-refractivity contribution >= 4 is 11.7 Å². The van der Waals surface area contributed by atoms with Gasteiger partial charge < -0.3 is 9.80 Å². The van der Waals surface area contributed by atoms with Crippen LogP contribution in [0.4, 0.5) is 5.82 Å². The first kappa shape index (κ1) is 15.4. The van der Waals surface area contributed by atoms with Crippen LogP contribution in [0.2, 0.25) is 0 Å². The van der Waals surface area contributed by atoms with E-state index >= 15 is 0 Å².